The summed E-state index contributed by atoms with van der Waals surface area (Å²) in [6.45, 7) is 2.12. The van der Waals surface area contributed by atoms with Crippen molar-refractivity contribution in [3.8, 4) is 0 Å². The minimum absolute atomic E-state index is 0.182. The van der Waals surface area contributed by atoms with Crippen LogP contribution in [0.25, 0.3) is 0 Å². The summed E-state index contributed by atoms with van der Waals surface area (Å²) in [5.74, 6) is 1.08. The van der Waals surface area contributed by atoms with Crippen LogP contribution in [-0.4, -0.2) is 12.5 Å². The molecule has 108 valence electrons. The Balaban J connectivity index is 1.65. The fourth-order valence-corrected chi connectivity index (χ4v) is 3.28. The van der Waals surface area contributed by atoms with Crippen molar-refractivity contribution in [2.75, 3.05) is 6.54 Å². The molecule has 0 bridgehead atoms. The Hall–Kier alpha value is -1.35. The lowest BCUT2D eigenvalue weighted by molar-refractivity contribution is -0.118. The first kappa shape index (κ1) is 13.6. The van der Waals surface area contributed by atoms with Gasteiger partial charge in [-0.05, 0) is 67.2 Å². The molecule has 0 aromatic heterocycles. The highest BCUT2D eigenvalue weighted by Gasteiger charge is 2.22. The van der Waals surface area contributed by atoms with E-state index in [4.69, 9.17) is 5.73 Å². The number of nitrogens with two attached hydrogens (primary N) is 1. The molecule has 1 atom stereocenters. The Kier molecular flexibility index (Phi) is 4.06. The maximum Gasteiger partial charge on any atom is 0.218 e. The van der Waals surface area contributed by atoms with E-state index in [0.717, 1.165) is 31.8 Å². The normalized spacial score (nSPS) is 21.5. The first-order valence-corrected chi connectivity index (χ1v) is 7.83. The number of amides is 1. The molecular formula is C17H24N2O. The predicted molar refractivity (Wildman–Crippen MR) is 80.4 cm³/mol. The van der Waals surface area contributed by atoms with Crippen molar-refractivity contribution < 1.29 is 4.79 Å². The number of fused-ring (bicyclic) bond motifs is 1. The summed E-state index contributed by atoms with van der Waals surface area (Å²) in [5.41, 5.74) is 9.50. The molecular weight excluding hydrogens is 248 g/mol. The minimum atomic E-state index is -0.182. The van der Waals surface area contributed by atoms with Gasteiger partial charge in [-0.1, -0.05) is 18.2 Å². The van der Waals surface area contributed by atoms with Gasteiger partial charge in [-0.3, -0.25) is 4.79 Å². The van der Waals surface area contributed by atoms with Crippen LogP contribution in [0, 0.1) is 5.92 Å². The highest BCUT2D eigenvalue weighted by Crippen LogP contribution is 2.34. The maximum atomic E-state index is 11.2. The highest BCUT2D eigenvalue weighted by molar-refractivity contribution is 5.75. The van der Waals surface area contributed by atoms with Gasteiger partial charge in [-0.2, -0.15) is 0 Å². The van der Waals surface area contributed by atoms with E-state index in [1.54, 1.807) is 0 Å². The Morgan fingerprint density at radius 2 is 2.15 bits per heavy atom. The maximum absolute atomic E-state index is 11.2. The molecule has 20 heavy (non-hydrogen) atoms. The van der Waals surface area contributed by atoms with Crippen LogP contribution in [-0.2, 0) is 17.8 Å². The highest BCUT2D eigenvalue weighted by atomic mass is 16.1. The zero-order valence-corrected chi connectivity index (χ0v) is 12.0. The zero-order chi connectivity index (χ0) is 13.9. The summed E-state index contributed by atoms with van der Waals surface area (Å²) in [4.78, 5) is 11.2. The molecule has 0 spiro atoms. The van der Waals surface area contributed by atoms with Crippen molar-refractivity contribution in [1.82, 2.24) is 5.32 Å². The first-order chi connectivity index (χ1) is 9.72. The number of hydrogen-bond acceptors (Lipinski definition) is 2. The molecule has 0 saturated heterocycles. The van der Waals surface area contributed by atoms with Crippen LogP contribution in [0.3, 0.4) is 0 Å². The van der Waals surface area contributed by atoms with Crippen molar-refractivity contribution in [3.63, 3.8) is 0 Å². The number of carbonyl (C=O) groups excluding carboxylic acids is 1. The van der Waals surface area contributed by atoms with Gasteiger partial charge in [0.15, 0.2) is 0 Å². The third kappa shape index (κ3) is 3.40. The fourth-order valence-electron chi connectivity index (χ4n) is 3.28. The largest absolute Gasteiger partial charge is 0.370 e. The second-order valence-corrected chi connectivity index (χ2v) is 6.37. The lowest BCUT2D eigenvalue weighted by Crippen LogP contribution is -2.20. The van der Waals surface area contributed by atoms with Gasteiger partial charge in [0.25, 0.3) is 0 Å². The molecule has 3 heteroatoms. The van der Waals surface area contributed by atoms with E-state index < -0.39 is 0 Å². The Labute approximate surface area is 120 Å². The zero-order valence-electron chi connectivity index (χ0n) is 12.0. The van der Waals surface area contributed by atoms with E-state index in [9.17, 15) is 4.79 Å². The second-order valence-electron chi connectivity index (χ2n) is 6.37. The van der Waals surface area contributed by atoms with Crippen LogP contribution in [0.1, 0.15) is 54.7 Å². The van der Waals surface area contributed by atoms with Crippen LogP contribution in [0.2, 0.25) is 0 Å². The van der Waals surface area contributed by atoms with Crippen molar-refractivity contribution in [2.45, 2.75) is 51.0 Å². The number of primary amides is 1. The van der Waals surface area contributed by atoms with Crippen LogP contribution in [0.5, 0.6) is 0 Å². The van der Waals surface area contributed by atoms with Crippen molar-refractivity contribution >= 4 is 5.91 Å². The third-order valence-electron chi connectivity index (χ3n) is 4.55. The number of nitrogens with one attached hydrogen (secondary N) is 1. The molecule has 0 heterocycles. The van der Waals surface area contributed by atoms with Gasteiger partial charge >= 0.3 is 0 Å². The van der Waals surface area contributed by atoms with E-state index in [2.05, 4.69) is 23.5 Å². The average molecular weight is 272 g/mol. The van der Waals surface area contributed by atoms with Crippen molar-refractivity contribution in [1.29, 1.82) is 0 Å². The molecule has 3 rings (SSSR count). The van der Waals surface area contributed by atoms with Crippen molar-refractivity contribution in [3.05, 3.63) is 34.9 Å². The van der Waals surface area contributed by atoms with E-state index in [1.807, 2.05) is 0 Å². The monoisotopic (exact) mass is 272 g/mol. The Morgan fingerprint density at radius 1 is 1.30 bits per heavy atom. The molecule has 1 aromatic carbocycles. The van der Waals surface area contributed by atoms with Gasteiger partial charge in [0.2, 0.25) is 5.91 Å². The molecule has 2 aliphatic rings. The fraction of sp³-hybridized carbons (Fsp3) is 0.588. The lowest BCUT2D eigenvalue weighted by atomic mass is 9.80. The molecule has 2 aliphatic carbocycles. The Morgan fingerprint density at radius 3 is 2.90 bits per heavy atom. The molecule has 0 aliphatic heterocycles. The van der Waals surface area contributed by atoms with E-state index in [1.165, 1.54) is 36.0 Å². The summed E-state index contributed by atoms with van der Waals surface area (Å²) in [5, 5.41) is 3.54. The summed E-state index contributed by atoms with van der Waals surface area (Å²) in [6.07, 6.45) is 6.68. The van der Waals surface area contributed by atoms with Gasteiger partial charge < -0.3 is 11.1 Å². The quantitative estimate of drug-likeness (QED) is 0.836. The molecule has 0 unspecified atom stereocenters. The van der Waals surface area contributed by atoms with E-state index >= 15 is 0 Å². The number of rotatable bonds is 6. The smallest absolute Gasteiger partial charge is 0.218 e. The minimum Gasteiger partial charge on any atom is -0.370 e. The molecule has 1 saturated carbocycles. The molecule has 1 fully saturated rings. The standard InChI is InChI=1S/C17H24N2O/c18-17(20)9-15-3-1-2-14-8-13(6-7-16(14)15)11-19-10-12-4-5-12/h6-8,12,15,19H,1-5,9-11H2,(H2,18,20)/t15-/m1/s1. The SMILES string of the molecule is NC(=O)C[C@H]1CCCc2cc(CNCC3CC3)ccc21. The summed E-state index contributed by atoms with van der Waals surface area (Å²) in [7, 11) is 0. The molecule has 0 radical (unpaired) electrons. The molecule has 1 amide bonds. The Bertz CT molecular complexity index is 494. The van der Waals surface area contributed by atoms with E-state index in [-0.39, 0.29) is 5.91 Å². The van der Waals surface area contributed by atoms with Gasteiger partial charge in [0.05, 0.1) is 0 Å². The van der Waals surface area contributed by atoms with Crippen molar-refractivity contribution in [2.24, 2.45) is 11.7 Å². The van der Waals surface area contributed by atoms with Crippen LogP contribution >= 0.6 is 0 Å². The first-order valence-electron chi connectivity index (χ1n) is 7.83. The number of benzene rings is 1. The van der Waals surface area contributed by atoms with Crippen LogP contribution in [0.4, 0.5) is 0 Å². The molecule has 1 aromatic rings. The van der Waals surface area contributed by atoms with Crippen LogP contribution in [0.15, 0.2) is 18.2 Å². The summed E-state index contributed by atoms with van der Waals surface area (Å²) in [6, 6.07) is 6.75. The van der Waals surface area contributed by atoms with Gasteiger partial charge in [-0.15, -0.1) is 0 Å². The topological polar surface area (TPSA) is 55.1 Å². The van der Waals surface area contributed by atoms with Gasteiger partial charge in [-0.25, -0.2) is 0 Å². The molecule has 3 N–H and O–H groups in total. The van der Waals surface area contributed by atoms with Gasteiger partial charge in [0.1, 0.15) is 0 Å². The summed E-state index contributed by atoms with van der Waals surface area (Å²) >= 11 is 0. The lowest BCUT2D eigenvalue weighted by Gasteiger charge is -2.25. The predicted octanol–water partition coefficient (Wildman–Crippen LogP) is 2.48. The third-order valence-corrected chi connectivity index (χ3v) is 4.55. The van der Waals surface area contributed by atoms with Crippen LogP contribution < -0.4 is 11.1 Å². The average Bonchev–Trinajstić information content (AvgIpc) is 3.22. The number of aryl methyl sites for hydroxylation is 1. The molecule has 3 nitrogen and oxygen atoms in total. The number of hydrogen-bond donors (Lipinski definition) is 2. The van der Waals surface area contributed by atoms with E-state index in [0.29, 0.717) is 12.3 Å². The summed E-state index contributed by atoms with van der Waals surface area (Å²) < 4.78 is 0. The number of carbonyl (C=O) groups is 1. The second kappa shape index (κ2) is 5.96. The van der Waals surface area contributed by atoms with Gasteiger partial charge in [0, 0.05) is 13.0 Å².